The summed E-state index contributed by atoms with van der Waals surface area (Å²) in [4.78, 5) is 28.6. The Morgan fingerprint density at radius 2 is 1.59 bits per heavy atom. The molecule has 1 N–H and O–H groups in total. The lowest BCUT2D eigenvalue weighted by Crippen LogP contribution is -2.51. The second-order valence-electron chi connectivity index (χ2n) is 9.23. The number of halogens is 3. The molecular formula is C29H31Cl2FN2O2S. The lowest BCUT2D eigenvalue weighted by Gasteiger charge is -2.32. The van der Waals surface area contributed by atoms with Gasteiger partial charge >= 0.3 is 0 Å². The van der Waals surface area contributed by atoms with Crippen molar-refractivity contribution in [3.8, 4) is 0 Å². The Morgan fingerprint density at radius 3 is 2.24 bits per heavy atom. The van der Waals surface area contributed by atoms with E-state index in [2.05, 4.69) is 5.32 Å². The maximum atomic E-state index is 13.6. The number of hydrogen-bond acceptors (Lipinski definition) is 3. The fourth-order valence-corrected chi connectivity index (χ4v) is 4.91. The molecular weight excluding hydrogens is 530 g/mol. The van der Waals surface area contributed by atoms with Gasteiger partial charge in [0.05, 0.1) is 15.8 Å². The van der Waals surface area contributed by atoms with Gasteiger partial charge in [-0.3, -0.25) is 9.59 Å². The summed E-state index contributed by atoms with van der Waals surface area (Å²) in [5.74, 6) is 0.274. The number of hydrogen-bond donors (Lipinski definition) is 1. The highest BCUT2D eigenvalue weighted by atomic mass is 35.5. The highest BCUT2D eigenvalue weighted by Crippen LogP contribution is 2.25. The number of benzene rings is 3. The normalized spacial score (nSPS) is 11.8. The third-order valence-corrected chi connectivity index (χ3v) is 7.43. The molecule has 0 heterocycles. The summed E-state index contributed by atoms with van der Waals surface area (Å²) >= 11 is 13.6. The standard InChI is InChI=1S/C29H31Cl2FN2O2S/c1-20(2)16-33-29(36)27(15-21-6-4-3-5-7-21)34(17-22-8-11-24(32)12-9-22)28(35)19-37-18-23-10-13-25(30)26(31)14-23/h3-14,20,27H,15-19H2,1-2H3,(H,33,36)/t27-/m1/s1. The summed E-state index contributed by atoms with van der Waals surface area (Å²) in [7, 11) is 0. The van der Waals surface area contributed by atoms with Crippen molar-refractivity contribution < 1.29 is 14.0 Å². The molecule has 196 valence electrons. The monoisotopic (exact) mass is 560 g/mol. The van der Waals surface area contributed by atoms with Gasteiger partial charge in [-0.15, -0.1) is 11.8 Å². The number of carbonyl (C=O) groups excluding carboxylic acids is 2. The summed E-state index contributed by atoms with van der Waals surface area (Å²) in [5, 5.41) is 3.95. The maximum absolute atomic E-state index is 13.6. The SMILES string of the molecule is CC(C)CNC(=O)[C@@H](Cc1ccccc1)N(Cc1ccc(F)cc1)C(=O)CSCc1ccc(Cl)c(Cl)c1. The molecule has 0 unspecified atom stereocenters. The molecule has 0 bridgehead atoms. The first-order valence-corrected chi connectivity index (χ1v) is 14.0. The molecule has 1 atom stereocenters. The Bertz CT molecular complexity index is 1180. The fourth-order valence-electron chi connectivity index (χ4n) is 3.73. The summed E-state index contributed by atoms with van der Waals surface area (Å²) in [6.45, 7) is 4.75. The Labute approximate surface area is 232 Å². The highest BCUT2D eigenvalue weighted by Gasteiger charge is 2.30. The maximum Gasteiger partial charge on any atom is 0.243 e. The minimum atomic E-state index is -0.718. The molecule has 37 heavy (non-hydrogen) atoms. The van der Waals surface area contributed by atoms with Gasteiger partial charge in [-0.2, -0.15) is 0 Å². The van der Waals surface area contributed by atoms with Gasteiger partial charge in [-0.1, -0.05) is 85.6 Å². The van der Waals surface area contributed by atoms with Gasteiger partial charge in [0.25, 0.3) is 0 Å². The van der Waals surface area contributed by atoms with E-state index in [4.69, 9.17) is 23.2 Å². The molecule has 0 fully saturated rings. The smallest absolute Gasteiger partial charge is 0.243 e. The van der Waals surface area contributed by atoms with Crippen molar-refractivity contribution in [3.63, 3.8) is 0 Å². The molecule has 8 heteroatoms. The predicted molar refractivity (Wildman–Crippen MR) is 151 cm³/mol. The van der Waals surface area contributed by atoms with Crippen molar-refractivity contribution >= 4 is 46.8 Å². The summed E-state index contributed by atoms with van der Waals surface area (Å²) < 4.78 is 13.5. The average Bonchev–Trinajstić information content (AvgIpc) is 2.88. The van der Waals surface area contributed by atoms with E-state index in [0.717, 1.165) is 16.7 Å². The Balaban J connectivity index is 1.83. The van der Waals surface area contributed by atoms with Crippen LogP contribution in [0.15, 0.2) is 72.8 Å². The first kappa shape index (κ1) is 29.0. The summed E-state index contributed by atoms with van der Waals surface area (Å²) in [5.41, 5.74) is 2.65. The Morgan fingerprint density at radius 1 is 0.919 bits per heavy atom. The molecule has 0 radical (unpaired) electrons. The van der Waals surface area contributed by atoms with Gasteiger partial charge in [-0.25, -0.2) is 4.39 Å². The third kappa shape index (κ3) is 9.37. The molecule has 0 aromatic heterocycles. The third-order valence-electron chi connectivity index (χ3n) is 5.70. The average molecular weight is 562 g/mol. The molecule has 4 nitrogen and oxygen atoms in total. The number of carbonyl (C=O) groups is 2. The highest BCUT2D eigenvalue weighted by molar-refractivity contribution is 7.99. The van der Waals surface area contributed by atoms with E-state index in [1.54, 1.807) is 29.2 Å². The zero-order valence-electron chi connectivity index (χ0n) is 20.9. The Hall–Kier alpha value is -2.54. The molecule has 0 saturated carbocycles. The van der Waals surface area contributed by atoms with Crippen LogP contribution in [0.1, 0.15) is 30.5 Å². The van der Waals surface area contributed by atoms with E-state index < -0.39 is 6.04 Å². The van der Waals surface area contributed by atoms with Gasteiger partial charge < -0.3 is 10.2 Å². The fraction of sp³-hybridized carbons (Fsp3) is 0.310. The molecule has 0 spiro atoms. The van der Waals surface area contributed by atoms with E-state index in [0.29, 0.717) is 28.8 Å². The van der Waals surface area contributed by atoms with Crippen LogP contribution in [0.25, 0.3) is 0 Å². The molecule has 3 aromatic rings. The summed E-state index contributed by atoms with van der Waals surface area (Å²) in [6, 6.07) is 20.3. The van der Waals surface area contributed by atoms with E-state index in [-0.39, 0.29) is 35.8 Å². The van der Waals surface area contributed by atoms with Crippen molar-refractivity contribution in [1.29, 1.82) is 0 Å². The lowest BCUT2D eigenvalue weighted by molar-refractivity contribution is -0.139. The zero-order valence-corrected chi connectivity index (χ0v) is 23.3. The van der Waals surface area contributed by atoms with Crippen LogP contribution in [-0.4, -0.2) is 35.1 Å². The number of thioether (sulfide) groups is 1. The largest absolute Gasteiger partial charge is 0.354 e. The van der Waals surface area contributed by atoms with Gasteiger partial charge in [-0.05, 0) is 46.9 Å². The molecule has 0 aliphatic carbocycles. The number of nitrogens with zero attached hydrogens (tertiary/aromatic N) is 1. The second-order valence-corrected chi connectivity index (χ2v) is 11.0. The Kier molecular flexibility index (Phi) is 11.3. The van der Waals surface area contributed by atoms with Crippen molar-refractivity contribution in [2.45, 2.75) is 38.6 Å². The second kappa shape index (κ2) is 14.4. The molecule has 3 aromatic carbocycles. The summed E-state index contributed by atoms with van der Waals surface area (Å²) in [6.07, 6.45) is 0.370. The van der Waals surface area contributed by atoms with Crippen LogP contribution in [0.4, 0.5) is 4.39 Å². The molecule has 2 amide bonds. The van der Waals surface area contributed by atoms with E-state index >= 15 is 0 Å². The molecule has 0 aliphatic rings. The van der Waals surface area contributed by atoms with Crippen LogP contribution in [-0.2, 0) is 28.3 Å². The van der Waals surface area contributed by atoms with Gasteiger partial charge in [0, 0.05) is 25.3 Å². The van der Waals surface area contributed by atoms with Crippen molar-refractivity contribution in [2.75, 3.05) is 12.3 Å². The van der Waals surface area contributed by atoms with Crippen molar-refractivity contribution in [3.05, 3.63) is 105 Å². The lowest BCUT2D eigenvalue weighted by atomic mass is 10.0. The quantitative estimate of drug-likeness (QED) is 0.265. The van der Waals surface area contributed by atoms with E-state index in [1.807, 2.05) is 50.2 Å². The van der Waals surface area contributed by atoms with E-state index in [9.17, 15) is 14.0 Å². The van der Waals surface area contributed by atoms with Crippen LogP contribution < -0.4 is 5.32 Å². The van der Waals surface area contributed by atoms with E-state index in [1.165, 1.54) is 23.9 Å². The van der Waals surface area contributed by atoms with Crippen LogP contribution >= 0.6 is 35.0 Å². The van der Waals surface area contributed by atoms with Gasteiger partial charge in [0.2, 0.25) is 11.8 Å². The first-order valence-electron chi connectivity index (χ1n) is 12.1. The van der Waals surface area contributed by atoms with Gasteiger partial charge in [0.15, 0.2) is 0 Å². The molecule has 3 rings (SSSR count). The predicted octanol–water partition coefficient (Wildman–Crippen LogP) is 6.78. The molecule has 0 saturated heterocycles. The van der Waals surface area contributed by atoms with Crippen LogP contribution in [0.2, 0.25) is 10.0 Å². The van der Waals surface area contributed by atoms with Crippen LogP contribution in [0, 0.1) is 11.7 Å². The van der Waals surface area contributed by atoms with Crippen molar-refractivity contribution in [2.24, 2.45) is 5.92 Å². The van der Waals surface area contributed by atoms with Crippen LogP contribution in [0.5, 0.6) is 0 Å². The van der Waals surface area contributed by atoms with Gasteiger partial charge in [0.1, 0.15) is 11.9 Å². The first-order chi connectivity index (χ1) is 17.7. The zero-order chi connectivity index (χ0) is 26.8. The minimum absolute atomic E-state index is 0.171. The number of rotatable bonds is 12. The van der Waals surface area contributed by atoms with Crippen molar-refractivity contribution in [1.82, 2.24) is 10.2 Å². The molecule has 0 aliphatic heterocycles. The minimum Gasteiger partial charge on any atom is -0.354 e. The topological polar surface area (TPSA) is 49.4 Å². The van der Waals surface area contributed by atoms with Crippen LogP contribution in [0.3, 0.4) is 0 Å². The number of nitrogens with one attached hydrogen (secondary N) is 1. The number of amides is 2.